The summed E-state index contributed by atoms with van der Waals surface area (Å²) in [5.41, 5.74) is 3.26. The number of ether oxygens (including phenoxy) is 1. The van der Waals surface area contributed by atoms with Gasteiger partial charge in [0.15, 0.2) is 11.5 Å². The van der Waals surface area contributed by atoms with Crippen molar-refractivity contribution in [3.63, 3.8) is 0 Å². The van der Waals surface area contributed by atoms with E-state index in [-0.39, 0.29) is 18.3 Å². The van der Waals surface area contributed by atoms with Gasteiger partial charge in [0.2, 0.25) is 5.91 Å². The molecule has 124 valence electrons. The summed E-state index contributed by atoms with van der Waals surface area (Å²) in [6.07, 6.45) is 7.41. The number of rotatable bonds is 11. The Bertz CT molecular complexity index is 448. The number of amides is 1. The number of benzene rings is 1. The molecule has 0 saturated heterocycles. The van der Waals surface area contributed by atoms with Gasteiger partial charge < -0.3 is 9.84 Å². The Morgan fingerprint density at radius 3 is 2.64 bits per heavy atom. The van der Waals surface area contributed by atoms with E-state index in [1.54, 1.807) is 12.1 Å². The molecule has 0 aliphatic heterocycles. The van der Waals surface area contributed by atoms with Gasteiger partial charge in [-0.2, -0.15) is 0 Å². The van der Waals surface area contributed by atoms with Gasteiger partial charge in [0.1, 0.15) is 0 Å². The quantitative estimate of drug-likeness (QED) is 0.483. The van der Waals surface area contributed by atoms with Crippen LogP contribution < -0.4 is 10.2 Å². The predicted molar refractivity (Wildman–Crippen MR) is 85.6 cm³/mol. The lowest BCUT2D eigenvalue weighted by molar-refractivity contribution is -0.134. The van der Waals surface area contributed by atoms with Crippen LogP contribution in [0.5, 0.6) is 11.5 Å². The van der Waals surface area contributed by atoms with Crippen molar-refractivity contribution in [1.82, 2.24) is 5.48 Å². The van der Waals surface area contributed by atoms with Crippen LogP contribution in [-0.2, 0) is 16.2 Å². The lowest BCUT2D eigenvalue weighted by Gasteiger charge is -2.08. The van der Waals surface area contributed by atoms with Crippen molar-refractivity contribution in [1.29, 1.82) is 0 Å². The average molecular weight is 309 g/mol. The summed E-state index contributed by atoms with van der Waals surface area (Å²) in [5, 5.41) is 9.49. The van der Waals surface area contributed by atoms with Gasteiger partial charge in [-0.1, -0.05) is 45.1 Å². The Morgan fingerprint density at radius 1 is 1.18 bits per heavy atom. The van der Waals surface area contributed by atoms with Gasteiger partial charge in [0, 0.05) is 6.42 Å². The molecule has 1 aromatic rings. The van der Waals surface area contributed by atoms with Gasteiger partial charge in [-0.15, -0.1) is 0 Å². The van der Waals surface area contributed by atoms with Crippen molar-refractivity contribution < 1.29 is 19.5 Å². The number of hydrogen-bond donors (Lipinski definition) is 2. The molecule has 0 bridgehead atoms. The average Bonchev–Trinajstić information content (AvgIpc) is 2.52. The highest BCUT2D eigenvalue weighted by Crippen LogP contribution is 2.26. The van der Waals surface area contributed by atoms with Crippen LogP contribution in [0.4, 0.5) is 0 Å². The van der Waals surface area contributed by atoms with Gasteiger partial charge in [0.05, 0.1) is 13.7 Å². The second-order valence-electron chi connectivity index (χ2n) is 5.34. The van der Waals surface area contributed by atoms with Crippen LogP contribution in [0.15, 0.2) is 18.2 Å². The number of nitrogens with one attached hydrogen (secondary N) is 1. The number of phenolic OH excluding ortho intramolecular Hbond substituents is 1. The molecule has 1 amide bonds. The zero-order valence-electron chi connectivity index (χ0n) is 13.6. The number of carbonyl (C=O) groups excluding carboxylic acids is 1. The van der Waals surface area contributed by atoms with Crippen LogP contribution in [0.2, 0.25) is 0 Å². The lowest BCUT2D eigenvalue weighted by atomic mass is 10.1. The van der Waals surface area contributed by atoms with Gasteiger partial charge in [-0.3, -0.25) is 9.63 Å². The molecule has 5 nitrogen and oxygen atoms in total. The van der Waals surface area contributed by atoms with Crippen LogP contribution in [0, 0.1) is 0 Å². The molecule has 0 spiro atoms. The molecule has 0 heterocycles. The van der Waals surface area contributed by atoms with Crippen LogP contribution in [0.1, 0.15) is 57.4 Å². The van der Waals surface area contributed by atoms with Crippen molar-refractivity contribution in [2.75, 3.05) is 7.11 Å². The fraction of sp³-hybridized carbons (Fsp3) is 0.588. The third-order valence-electron chi connectivity index (χ3n) is 3.43. The lowest BCUT2D eigenvalue weighted by Crippen LogP contribution is -2.23. The largest absolute Gasteiger partial charge is 0.504 e. The molecule has 22 heavy (non-hydrogen) atoms. The van der Waals surface area contributed by atoms with E-state index in [2.05, 4.69) is 12.4 Å². The molecule has 0 atom stereocenters. The normalized spacial score (nSPS) is 10.5. The third kappa shape index (κ3) is 7.31. The Labute approximate surface area is 132 Å². The molecule has 2 N–H and O–H groups in total. The highest BCUT2D eigenvalue weighted by Gasteiger charge is 2.04. The standard InChI is InChI=1S/C17H27NO4/c1-3-4-5-6-7-8-9-17(20)18-22-13-14-10-11-15(19)16(12-14)21-2/h10-12,19H,3-9,13H2,1-2H3,(H,18,20). The van der Waals surface area contributed by atoms with Gasteiger partial charge >= 0.3 is 0 Å². The topological polar surface area (TPSA) is 67.8 Å². The summed E-state index contributed by atoms with van der Waals surface area (Å²) in [4.78, 5) is 16.8. The highest BCUT2D eigenvalue weighted by atomic mass is 16.6. The Hall–Kier alpha value is -1.75. The number of methoxy groups -OCH3 is 1. The van der Waals surface area contributed by atoms with E-state index in [9.17, 15) is 9.90 Å². The molecule has 1 rings (SSSR count). The van der Waals surface area contributed by atoms with Gasteiger partial charge in [-0.05, 0) is 24.1 Å². The van der Waals surface area contributed by atoms with Gasteiger partial charge in [-0.25, -0.2) is 5.48 Å². The van der Waals surface area contributed by atoms with Crippen molar-refractivity contribution in [3.05, 3.63) is 23.8 Å². The molecule has 1 aromatic carbocycles. The molecule has 0 unspecified atom stereocenters. The highest BCUT2D eigenvalue weighted by molar-refractivity contribution is 5.74. The molecule has 0 saturated carbocycles. The first-order chi connectivity index (χ1) is 10.7. The summed E-state index contributed by atoms with van der Waals surface area (Å²) in [7, 11) is 1.49. The molecule has 5 heteroatoms. The second kappa shape index (κ2) is 10.9. The van der Waals surface area contributed by atoms with E-state index in [1.165, 1.54) is 38.9 Å². The molecular formula is C17H27NO4. The fourth-order valence-electron chi connectivity index (χ4n) is 2.13. The maximum Gasteiger partial charge on any atom is 0.243 e. The Kier molecular flexibility index (Phi) is 9.07. The smallest absolute Gasteiger partial charge is 0.243 e. The SMILES string of the molecule is CCCCCCCCC(=O)NOCc1ccc(O)c(OC)c1. The minimum Gasteiger partial charge on any atom is -0.504 e. The number of phenols is 1. The zero-order chi connectivity index (χ0) is 16.2. The van der Waals surface area contributed by atoms with E-state index in [0.29, 0.717) is 12.2 Å². The fourth-order valence-corrected chi connectivity index (χ4v) is 2.13. The van der Waals surface area contributed by atoms with E-state index in [4.69, 9.17) is 9.57 Å². The molecule has 0 aromatic heterocycles. The van der Waals surface area contributed by atoms with Crippen LogP contribution in [0.25, 0.3) is 0 Å². The summed E-state index contributed by atoms with van der Waals surface area (Å²) in [6.45, 7) is 2.42. The van der Waals surface area contributed by atoms with Crippen molar-refractivity contribution in [3.8, 4) is 11.5 Å². The van der Waals surface area contributed by atoms with Crippen molar-refractivity contribution >= 4 is 5.91 Å². The number of hydrogen-bond acceptors (Lipinski definition) is 4. The maximum atomic E-state index is 11.6. The molecular weight excluding hydrogens is 282 g/mol. The first-order valence-corrected chi connectivity index (χ1v) is 7.94. The summed E-state index contributed by atoms with van der Waals surface area (Å²) in [5.74, 6) is 0.374. The van der Waals surface area contributed by atoms with Crippen LogP contribution in [-0.4, -0.2) is 18.1 Å². The minimum absolute atomic E-state index is 0.0818. The summed E-state index contributed by atoms with van der Waals surface area (Å²) < 4.78 is 5.01. The molecule has 0 aliphatic rings. The molecule has 0 aliphatic carbocycles. The van der Waals surface area contributed by atoms with E-state index in [0.717, 1.165) is 18.4 Å². The monoisotopic (exact) mass is 309 g/mol. The Morgan fingerprint density at radius 2 is 1.91 bits per heavy atom. The summed E-state index contributed by atoms with van der Waals surface area (Å²) >= 11 is 0. The first-order valence-electron chi connectivity index (χ1n) is 7.94. The van der Waals surface area contributed by atoms with Crippen LogP contribution >= 0.6 is 0 Å². The van der Waals surface area contributed by atoms with E-state index >= 15 is 0 Å². The number of aromatic hydroxyl groups is 1. The van der Waals surface area contributed by atoms with E-state index < -0.39 is 0 Å². The maximum absolute atomic E-state index is 11.6. The summed E-state index contributed by atoms with van der Waals surface area (Å²) in [6, 6.07) is 4.93. The first kappa shape index (κ1) is 18.3. The predicted octanol–water partition coefficient (Wildman–Crippen LogP) is 3.70. The zero-order valence-corrected chi connectivity index (χ0v) is 13.6. The van der Waals surface area contributed by atoms with Crippen molar-refractivity contribution in [2.24, 2.45) is 0 Å². The molecule has 0 radical (unpaired) electrons. The number of carbonyl (C=O) groups is 1. The molecule has 0 fully saturated rings. The van der Waals surface area contributed by atoms with Crippen molar-refractivity contribution in [2.45, 2.75) is 58.5 Å². The van der Waals surface area contributed by atoms with Crippen LogP contribution in [0.3, 0.4) is 0 Å². The number of unbranched alkanes of at least 4 members (excludes halogenated alkanes) is 5. The third-order valence-corrected chi connectivity index (χ3v) is 3.43. The van der Waals surface area contributed by atoms with Gasteiger partial charge in [0.25, 0.3) is 0 Å². The Balaban J connectivity index is 2.14. The second-order valence-corrected chi connectivity index (χ2v) is 5.34. The van der Waals surface area contributed by atoms with E-state index in [1.807, 2.05) is 0 Å². The number of hydroxylamine groups is 1. The minimum atomic E-state index is -0.0961.